The summed E-state index contributed by atoms with van der Waals surface area (Å²) in [6.45, 7) is 0.370. The van der Waals surface area contributed by atoms with Crippen molar-refractivity contribution in [3.8, 4) is 0 Å². The Labute approximate surface area is 123 Å². The number of hydrogen-bond donors (Lipinski definition) is 1. The molecule has 0 aliphatic heterocycles. The number of carboxylic acids is 1. The number of carboxylic acid groups (broad SMARTS) is 1. The summed E-state index contributed by atoms with van der Waals surface area (Å²) in [5, 5.41) is 9.33. The van der Waals surface area contributed by atoms with Crippen molar-refractivity contribution in [3.05, 3.63) is 48.2 Å². The van der Waals surface area contributed by atoms with Crippen molar-refractivity contribution < 1.29 is 18.7 Å². The van der Waals surface area contributed by atoms with Crippen LogP contribution in [-0.2, 0) is 11.3 Å². The second-order valence-electron chi connectivity index (χ2n) is 4.38. The van der Waals surface area contributed by atoms with E-state index in [-0.39, 0.29) is 11.6 Å². The standard InChI is InChI=1S/C14H11FN2O3S/c15-9-3-4-11-12(6-9)17(7-10-2-1-5-20-10)14(16-11)21-8-13(18)19/h1-6H,7-8H2,(H,18,19). The number of aliphatic carboxylic acids is 1. The monoisotopic (exact) mass is 306 g/mol. The SMILES string of the molecule is O=C(O)CSc1nc2ccc(F)cc2n1Cc1ccco1. The minimum absolute atomic E-state index is 0.107. The van der Waals surface area contributed by atoms with Crippen LogP contribution in [0.25, 0.3) is 11.0 Å². The highest BCUT2D eigenvalue weighted by Crippen LogP contribution is 2.26. The fraction of sp³-hybridized carbons (Fsp3) is 0.143. The summed E-state index contributed by atoms with van der Waals surface area (Å²) in [6.07, 6.45) is 1.55. The zero-order chi connectivity index (χ0) is 14.8. The van der Waals surface area contributed by atoms with Gasteiger partial charge >= 0.3 is 5.97 Å². The Balaban J connectivity index is 2.04. The Morgan fingerprint density at radius 1 is 1.43 bits per heavy atom. The van der Waals surface area contributed by atoms with E-state index < -0.39 is 5.97 Å². The van der Waals surface area contributed by atoms with Gasteiger partial charge in [0, 0.05) is 0 Å². The molecule has 2 heterocycles. The van der Waals surface area contributed by atoms with Crippen LogP contribution < -0.4 is 0 Å². The second kappa shape index (κ2) is 5.61. The third-order valence-electron chi connectivity index (χ3n) is 2.89. The molecule has 0 saturated heterocycles. The number of imidazole rings is 1. The molecule has 0 radical (unpaired) electrons. The van der Waals surface area contributed by atoms with Crippen LogP contribution in [0, 0.1) is 5.82 Å². The largest absolute Gasteiger partial charge is 0.481 e. The number of rotatable bonds is 5. The maximum atomic E-state index is 13.5. The van der Waals surface area contributed by atoms with Crippen LogP contribution in [0.15, 0.2) is 46.2 Å². The number of furan rings is 1. The van der Waals surface area contributed by atoms with E-state index in [1.54, 1.807) is 29.0 Å². The molecule has 0 unspecified atom stereocenters. The molecule has 1 aromatic carbocycles. The molecule has 5 nitrogen and oxygen atoms in total. The van der Waals surface area contributed by atoms with Crippen LogP contribution in [0.2, 0.25) is 0 Å². The molecule has 21 heavy (non-hydrogen) atoms. The van der Waals surface area contributed by atoms with E-state index in [1.165, 1.54) is 12.1 Å². The maximum absolute atomic E-state index is 13.5. The van der Waals surface area contributed by atoms with Crippen molar-refractivity contribution >= 4 is 28.8 Å². The number of halogens is 1. The van der Waals surface area contributed by atoms with Gasteiger partial charge < -0.3 is 14.1 Å². The van der Waals surface area contributed by atoms with Crippen molar-refractivity contribution in [1.29, 1.82) is 0 Å². The van der Waals surface area contributed by atoms with E-state index in [0.717, 1.165) is 11.8 Å². The Morgan fingerprint density at radius 2 is 2.29 bits per heavy atom. The topological polar surface area (TPSA) is 68.3 Å². The lowest BCUT2D eigenvalue weighted by Crippen LogP contribution is -2.04. The molecule has 0 aliphatic rings. The van der Waals surface area contributed by atoms with E-state index in [0.29, 0.717) is 28.5 Å². The zero-order valence-electron chi connectivity index (χ0n) is 10.8. The quantitative estimate of drug-likeness (QED) is 0.734. The summed E-state index contributed by atoms with van der Waals surface area (Å²) in [7, 11) is 0. The van der Waals surface area contributed by atoms with Gasteiger partial charge in [0.2, 0.25) is 0 Å². The van der Waals surface area contributed by atoms with Crippen LogP contribution in [0.3, 0.4) is 0 Å². The van der Waals surface area contributed by atoms with Crippen LogP contribution in [0.5, 0.6) is 0 Å². The number of fused-ring (bicyclic) bond motifs is 1. The van der Waals surface area contributed by atoms with Crippen LogP contribution >= 0.6 is 11.8 Å². The third-order valence-corrected chi connectivity index (χ3v) is 3.86. The van der Waals surface area contributed by atoms with Gasteiger partial charge in [-0.3, -0.25) is 4.79 Å². The van der Waals surface area contributed by atoms with Gasteiger partial charge in [-0.1, -0.05) is 11.8 Å². The Morgan fingerprint density at radius 3 is 3.00 bits per heavy atom. The molecule has 3 rings (SSSR count). The summed E-state index contributed by atoms with van der Waals surface area (Å²) < 4.78 is 20.5. The van der Waals surface area contributed by atoms with E-state index in [4.69, 9.17) is 9.52 Å². The molecule has 1 N–H and O–H groups in total. The van der Waals surface area contributed by atoms with Crippen molar-refractivity contribution in [1.82, 2.24) is 9.55 Å². The highest BCUT2D eigenvalue weighted by molar-refractivity contribution is 7.99. The summed E-state index contributed by atoms with van der Waals surface area (Å²) in [5.41, 5.74) is 1.23. The van der Waals surface area contributed by atoms with E-state index in [9.17, 15) is 9.18 Å². The van der Waals surface area contributed by atoms with E-state index >= 15 is 0 Å². The highest BCUT2D eigenvalue weighted by Gasteiger charge is 2.14. The lowest BCUT2D eigenvalue weighted by molar-refractivity contribution is -0.133. The van der Waals surface area contributed by atoms with Crippen molar-refractivity contribution in [2.45, 2.75) is 11.7 Å². The molecule has 0 atom stereocenters. The van der Waals surface area contributed by atoms with Gasteiger partial charge in [0.1, 0.15) is 11.6 Å². The van der Waals surface area contributed by atoms with Gasteiger partial charge in [0.15, 0.2) is 5.16 Å². The van der Waals surface area contributed by atoms with E-state index in [1.807, 2.05) is 0 Å². The first kappa shape index (κ1) is 13.7. The molecule has 0 bridgehead atoms. The molecule has 0 fully saturated rings. The fourth-order valence-electron chi connectivity index (χ4n) is 2.02. The van der Waals surface area contributed by atoms with Gasteiger partial charge in [-0.25, -0.2) is 9.37 Å². The van der Waals surface area contributed by atoms with Gasteiger partial charge in [-0.05, 0) is 30.3 Å². The van der Waals surface area contributed by atoms with Crippen molar-refractivity contribution in [3.63, 3.8) is 0 Å². The average molecular weight is 306 g/mol. The number of carbonyl (C=O) groups is 1. The molecule has 0 aliphatic carbocycles. The molecular weight excluding hydrogens is 295 g/mol. The minimum Gasteiger partial charge on any atom is -0.481 e. The lowest BCUT2D eigenvalue weighted by atomic mass is 10.3. The van der Waals surface area contributed by atoms with Crippen molar-refractivity contribution in [2.75, 3.05) is 5.75 Å². The Hall–Kier alpha value is -2.28. The summed E-state index contributed by atoms with van der Waals surface area (Å²) in [4.78, 5) is 15.1. The normalized spacial score (nSPS) is 11.1. The Bertz CT molecular complexity index is 783. The molecule has 0 amide bonds. The first-order valence-corrected chi connectivity index (χ1v) is 7.15. The third kappa shape index (κ3) is 2.92. The summed E-state index contributed by atoms with van der Waals surface area (Å²) in [6, 6.07) is 7.86. The molecule has 108 valence electrons. The number of thioether (sulfide) groups is 1. The minimum atomic E-state index is -0.928. The van der Waals surface area contributed by atoms with Gasteiger partial charge in [-0.15, -0.1) is 0 Å². The molecule has 7 heteroatoms. The fourth-order valence-corrected chi connectivity index (χ4v) is 2.76. The summed E-state index contributed by atoms with van der Waals surface area (Å²) >= 11 is 1.10. The number of aromatic nitrogens is 2. The van der Waals surface area contributed by atoms with Gasteiger partial charge in [0.05, 0.1) is 29.6 Å². The molecule has 0 spiro atoms. The molecule has 2 aromatic heterocycles. The number of nitrogens with zero attached hydrogens (tertiary/aromatic N) is 2. The first-order valence-electron chi connectivity index (χ1n) is 6.16. The molecule has 3 aromatic rings. The van der Waals surface area contributed by atoms with E-state index in [2.05, 4.69) is 4.98 Å². The van der Waals surface area contributed by atoms with Crippen molar-refractivity contribution in [2.24, 2.45) is 0 Å². The van der Waals surface area contributed by atoms with Gasteiger partial charge in [0.25, 0.3) is 0 Å². The zero-order valence-corrected chi connectivity index (χ0v) is 11.6. The van der Waals surface area contributed by atoms with Gasteiger partial charge in [-0.2, -0.15) is 0 Å². The molecule has 0 saturated carbocycles. The van der Waals surface area contributed by atoms with Crippen LogP contribution in [0.4, 0.5) is 4.39 Å². The first-order chi connectivity index (χ1) is 10.1. The predicted molar refractivity (Wildman–Crippen MR) is 75.9 cm³/mol. The Kier molecular flexibility index (Phi) is 3.66. The highest BCUT2D eigenvalue weighted by atomic mass is 32.2. The second-order valence-corrected chi connectivity index (χ2v) is 5.32. The maximum Gasteiger partial charge on any atom is 0.313 e. The smallest absolute Gasteiger partial charge is 0.313 e. The number of benzene rings is 1. The lowest BCUT2D eigenvalue weighted by Gasteiger charge is -2.06. The average Bonchev–Trinajstić information content (AvgIpc) is 3.06. The number of hydrogen-bond acceptors (Lipinski definition) is 4. The molecular formula is C14H11FN2O3S. The predicted octanol–water partition coefficient (Wildman–Crippen LogP) is 2.99. The van der Waals surface area contributed by atoms with Crippen LogP contribution in [-0.4, -0.2) is 26.4 Å². The van der Waals surface area contributed by atoms with Crippen LogP contribution in [0.1, 0.15) is 5.76 Å². The summed E-state index contributed by atoms with van der Waals surface area (Å²) in [5.74, 6) is -0.708.